The molecule has 0 aromatic rings. The van der Waals surface area contributed by atoms with Crippen molar-refractivity contribution in [3.63, 3.8) is 0 Å². The number of likely N-dealkylation sites (tertiary alicyclic amines) is 1. The highest BCUT2D eigenvalue weighted by molar-refractivity contribution is 4.91. The third-order valence-electron chi connectivity index (χ3n) is 5.74. The number of hydrogen-bond donors (Lipinski definition) is 1. The minimum absolute atomic E-state index is 0.283. The summed E-state index contributed by atoms with van der Waals surface area (Å²) in [4.78, 5) is 2.62. The first-order valence-corrected chi connectivity index (χ1v) is 9.37. The molecule has 0 aromatic carbocycles. The Labute approximate surface area is 130 Å². The molecule has 2 aliphatic heterocycles. The van der Waals surface area contributed by atoms with E-state index in [9.17, 15) is 0 Å². The maximum absolute atomic E-state index is 6.43. The first-order chi connectivity index (χ1) is 10.3. The van der Waals surface area contributed by atoms with Crippen molar-refractivity contribution in [1.29, 1.82) is 0 Å². The van der Waals surface area contributed by atoms with Crippen LogP contribution in [0.4, 0.5) is 0 Å². The van der Waals surface area contributed by atoms with Crippen LogP contribution >= 0.6 is 0 Å². The summed E-state index contributed by atoms with van der Waals surface area (Å²) in [6.07, 6.45) is 12.7. The Morgan fingerprint density at radius 1 is 1.10 bits per heavy atom. The van der Waals surface area contributed by atoms with Crippen LogP contribution in [-0.2, 0) is 4.74 Å². The zero-order chi connectivity index (χ0) is 14.5. The molecule has 3 fully saturated rings. The molecule has 122 valence electrons. The van der Waals surface area contributed by atoms with Gasteiger partial charge in [0, 0.05) is 13.1 Å². The van der Waals surface area contributed by atoms with Crippen LogP contribution in [0.2, 0.25) is 0 Å². The van der Waals surface area contributed by atoms with Crippen molar-refractivity contribution in [2.75, 3.05) is 32.7 Å². The third kappa shape index (κ3) is 4.43. The fourth-order valence-electron chi connectivity index (χ4n) is 4.56. The van der Waals surface area contributed by atoms with Gasteiger partial charge in [0.1, 0.15) is 0 Å². The van der Waals surface area contributed by atoms with E-state index in [1.807, 2.05) is 0 Å². The average Bonchev–Trinajstić information content (AvgIpc) is 3.11. The molecule has 3 rings (SSSR count). The molecule has 3 aliphatic rings. The van der Waals surface area contributed by atoms with Gasteiger partial charge in [0.05, 0.1) is 11.7 Å². The Kier molecular flexibility index (Phi) is 5.58. The fourth-order valence-corrected chi connectivity index (χ4v) is 4.56. The lowest BCUT2D eigenvalue weighted by atomic mass is 9.83. The number of rotatable bonds is 6. The van der Waals surface area contributed by atoms with E-state index in [1.54, 1.807) is 0 Å². The van der Waals surface area contributed by atoms with Crippen LogP contribution in [0, 0.1) is 5.92 Å². The molecular formula is C18H34N2O. The lowest BCUT2D eigenvalue weighted by Crippen LogP contribution is -2.37. The van der Waals surface area contributed by atoms with E-state index in [2.05, 4.69) is 17.1 Å². The van der Waals surface area contributed by atoms with Crippen LogP contribution in [0.1, 0.15) is 64.7 Å². The quantitative estimate of drug-likeness (QED) is 0.814. The molecule has 3 nitrogen and oxygen atoms in total. The molecule has 2 saturated heterocycles. The largest absolute Gasteiger partial charge is 0.370 e. The van der Waals surface area contributed by atoms with Gasteiger partial charge in [-0.05, 0) is 64.1 Å². The zero-order valence-corrected chi connectivity index (χ0v) is 13.9. The van der Waals surface area contributed by atoms with E-state index in [4.69, 9.17) is 4.74 Å². The monoisotopic (exact) mass is 294 g/mol. The van der Waals surface area contributed by atoms with Gasteiger partial charge in [0.25, 0.3) is 0 Å². The van der Waals surface area contributed by atoms with Crippen LogP contribution in [-0.4, -0.2) is 49.3 Å². The SMILES string of the molecule is CC(CNCC1CCC2(CCCCC2)O1)CN1CCCC1. The summed E-state index contributed by atoms with van der Waals surface area (Å²) in [5, 5.41) is 3.67. The second-order valence-corrected chi connectivity index (χ2v) is 7.79. The molecule has 0 amide bonds. The first-order valence-electron chi connectivity index (χ1n) is 9.37. The smallest absolute Gasteiger partial charge is 0.0708 e. The van der Waals surface area contributed by atoms with Crippen LogP contribution in [0.3, 0.4) is 0 Å². The lowest BCUT2D eigenvalue weighted by molar-refractivity contribution is -0.0624. The van der Waals surface area contributed by atoms with Crippen molar-refractivity contribution in [3.8, 4) is 0 Å². The van der Waals surface area contributed by atoms with Crippen molar-refractivity contribution in [2.24, 2.45) is 5.92 Å². The van der Waals surface area contributed by atoms with Crippen molar-refractivity contribution >= 4 is 0 Å². The molecule has 2 unspecified atom stereocenters. The van der Waals surface area contributed by atoms with Crippen molar-refractivity contribution in [2.45, 2.75) is 76.4 Å². The minimum Gasteiger partial charge on any atom is -0.370 e. The molecule has 2 atom stereocenters. The molecule has 1 aliphatic carbocycles. The Morgan fingerprint density at radius 3 is 2.62 bits per heavy atom. The predicted molar refractivity (Wildman–Crippen MR) is 87.6 cm³/mol. The molecule has 1 spiro atoms. The van der Waals surface area contributed by atoms with Gasteiger partial charge in [-0.2, -0.15) is 0 Å². The van der Waals surface area contributed by atoms with E-state index in [0.29, 0.717) is 6.10 Å². The number of ether oxygens (including phenoxy) is 1. The molecule has 0 radical (unpaired) electrons. The number of nitrogens with one attached hydrogen (secondary N) is 1. The topological polar surface area (TPSA) is 24.5 Å². The van der Waals surface area contributed by atoms with Gasteiger partial charge in [0.2, 0.25) is 0 Å². The van der Waals surface area contributed by atoms with E-state index in [1.165, 1.54) is 77.4 Å². The Morgan fingerprint density at radius 2 is 1.86 bits per heavy atom. The summed E-state index contributed by atoms with van der Waals surface area (Å²) in [6, 6.07) is 0. The van der Waals surface area contributed by atoms with Gasteiger partial charge in [-0.15, -0.1) is 0 Å². The summed E-state index contributed by atoms with van der Waals surface area (Å²) in [5.74, 6) is 0.758. The van der Waals surface area contributed by atoms with Crippen LogP contribution in [0.25, 0.3) is 0 Å². The van der Waals surface area contributed by atoms with Crippen molar-refractivity contribution in [3.05, 3.63) is 0 Å². The van der Waals surface area contributed by atoms with Crippen LogP contribution < -0.4 is 5.32 Å². The highest BCUT2D eigenvalue weighted by Gasteiger charge is 2.40. The molecule has 3 heteroatoms. The molecular weight excluding hydrogens is 260 g/mol. The summed E-state index contributed by atoms with van der Waals surface area (Å²) in [7, 11) is 0. The predicted octanol–water partition coefficient (Wildman–Crippen LogP) is 3.19. The maximum Gasteiger partial charge on any atom is 0.0708 e. The Bertz CT molecular complexity index is 308. The lowest BCUT2D eigenvalue weighted by Gasteiger charge is -2.33. The summed E-state index contributed by atoms with van der Waals surface area (Å²) >= 11 is 0. The minimum atomic E-state index is 0.283. The van der Waals surface area contributed by atoms with Crippen molar-refractivity contribution in [1.82, 2.24) is 10.2 Å². The van der Waals surface area contributed by atoms with Crippen LogP contribution in [0.15, 0.2) is 0 Å². The van der Waals surface area contributed by atoms with Gasteiger partial charge < -0.3 is 15.0 Å². The van der Waals surface area contributed by atoms with Crippen molar-refractivity contribution < 1.29 is 4.74 Å². The van der Waals surface area contributed by atoms with E-state index >= 15 is 0 Å². The van der Waals surface area contributed by atoms with Gasteiger partial charge in [-0.25, -0.2) is 0 Å². The standard InChI is InChI=1S/C18H34N2O/c1-16(15-20-11-5-6-12-20)13-19-14-17-7-10-18(21-17)8-3-2-4-9-18/h16-17,19H,2-15H2,1H3. The molecule has 0 aromatic heterocycles. The molecule has 0 bridgehead atoms. The average molecular weight is 294 g/mol. The normalized spacial score (nSPS) is 31.0. The highest BCUT2D eigenvalue weighted by atomic mass is 16.5. The van der Waals surface area contributed by atoms with E-state index < -0.39 is 0 Å². The fraction of sp³-hybridized carbons (Fsp3) is 1.00. The second-order valence-electron chi connectivity index (χ2n) is 7.79. The maximum atomic E-state index is 6.43. The summed E-state index contributed by atoms with van der Waals surface area (Å²) < 4.78 is 6.43. The Balaban J connectivity index is 1.30. The number of hydrogen-bond acceptors (Lipinski definition) is 3. The molecule has 1 N–H and O–H groups in total. The van der Waals surface area contributed by atoms with Gasteiger partial charge in [-0.3, -0.25) is 0 Å². The highest BCUT2D eigenvalue weighted by Crippen LogP contribution is 2.41. The zero-order valence-electron chi connectivity index (χ0n) is 13.9. The first kappa shape index (κ1) is 15.8. The third-order valence-corrected chi connectivity index (χ3v) is 5.74. The summed E-state index contributed by atoms with van der Waals surface area (Å²) in [5.41, 5.74) is 0.283. The second kappa shape index (κ2) is 7.43. The molecule has 2 heterocycles. The van der Waals surface area contributed by atoms with E-state index in [0.717, 1.165) is 19.0 Å². The molecule has 1 saturated carbocycles. The van der Waals surface area contributed by atoms with Crippen LogP contribution in [0.5, 0.6) is 0 Å². The Hall–Kier alpha value is -0.120. The van der Waals surface area contributed by atoms with Gasteiger partial charge >= 0.3 is 0 Å². The summed E-state index contributed by atoms with van der Waals surface area (Å²) in [6.45, 7) is 8.48. The molecule has 21 heavy (non-hydrogen) atoms. The van der Waals surface area contributed by atoms with Gasteiger partial charge in [0.15, 0.2) is 0 Å². The van der Waals surface area contributed by atoms with Gasteiger partial charge in [-0.1, -0.05) is 26.2 Å². The number of nitrogens with zero attached hydrogens (tertiary/aromatic N) is 1. The van der Waals surface area contributed by atoms with E-state index in [-0.39, 0.29) is 5.60 Å².